The summed E-state index contributed by atoms with van der Waals surface area (Å²) in [7, 11) is 0. The Morgan fingerprint density at radius 1 is 0.947 bits per heavy atom. The molecule has 1 aliphatic rings. The zero-order valence-electron chi connectivity index (χ0n) is 10.8. The molecule has 0 amide bonds. The zero-order chi connectivity index (χ0) is 13.2. The third-order valence-electron chi connectivity index (χ3n) is 3.75. The summed E-state index contributed by atoms with van der Waals surface area (Å²) in [5.74, 6) is 0. The van der Waals surface area contributed by atoms with Crippen LogP contribution in [-0.2, 0) is 12.8 Å². The van der Waals surface area contributed by atoms with E-state index in [1.165, 1.54) is 11.1 Å². The van der Waals surface area contributed by atoms with Crippen molar-refractivity contribution in [3.63, 3.8) is 0 Å². The van der Waals surface area contributed by atoms with Gasteiger partial charge in [-0.25, -0.2) is 0 Å². The van der Waals surface area contributed by atoms with Crippen LogP contribution in [0.4, 0.5) is 11.4 Å². The first kappa shape index (κ1) is 12.4. The highest BCUT2D eigenvalue weighted by Crippen LogP contribution is 2.28. The lowest BCUT2D eigenvalue weighted by Crippen LogP contribution is -2.26. The molecule has 0 bridgehead atoms. The lowest BCUT2D eigenvalue weighted by molar-refractivity contribution is 0.807. The molecule has 3 heteroatoms. The summed E-state index contributed by atoms with van der Waals surface area (Å²) in [5.41, 5.74) is 10.9. The van der Waals surface area contributed by atoms with Crippen LogP contribution in [0.3, 0.4) is 0 Å². The molecule has 0 aromatic heterocycles. The van der Waals surface area contributed by atoms with E-state index in [1.54, 1.807) is 0 Å². The quantitative estimate of drug-likeness (QED) is 0.805. The Morgan fingerprint density at radius 2 is 1.58 bits per heavy atom. The number of hydrogen-bond donors (Lipinski definition) is 1. The lowest BCUT2D eigenvalue weighted by Gasteiger charge is -2.24. The van der Waals surface area contributed by atoms with Crippen molar-refractivity contribution in [2.75, 3.05) is 23.7 Å². The number of nitrogen functional groups attached to an aromatic ring is 1. The van der Waals surface area contributed by atoms with Crippen LogP contribution >= 0.6 is 11.6 Å². The van der Waals surface area contributed by atoms with Crippen molar-refractivity contribution in [1.82, 2.24) is 0 Å². The molecule has 98 valence electrons. The molecule has 0 saturated heterocycles. The van der Waals surface area contributed by atoms with Gasteiger partial charge in [0.05, 0.1) is 11.4 Å². The van der Waals surface area contributed by atoms with Crippen molar-refractivity contribution in [2.45, 2.75) is 12.8 Å². The van der Waals surface area contributed by atoms with Crippen LogP contribution in [0.15, 0.2) is 42.5 Å². The van der Waals surface area contributed by atoms with Gasteiger partial charge < -0.3 is 10.6 Å². The molecular formula is C16H17ClN2. The van der Waals surface area contributed by atoms with Gasteiger partial charge in [0, 0.05) is 18.1 Å². The van der Waals surface area contributed by atoms with Gasteiger partial charge in [-0.2, -0.15) is 0 Å². The van der Waals surface area contributed by atoms with Crippen LogP contribution in [0.1, 0.15) is 11.1 Å². The summed E-state index contributed by atoms with van der Waals surface area (Å²) < 4.78 is 0. The molecule has 0 aliphatic carbocycles. The van der Waals surface area contributed by atoms with E-state index in [0.717, 1.165) is 37.3 Å². The van der Waals surface area contributed by atoms with Crippen LogP contribution < -0.4 is 10.6 Å². The largest absolute Gasteiger partial charge is 0.397 e. The van der Waals surface area contributed by atoms with E-state index < -0.39 is 0 Å². The highest BCUT2D eigenvalue weighted by Gasteiger charge is 2.15. The van der Waals surface area contributed by atoms with Gasteiger partial charge in [-0.1, -0.05) is 35.9 Å². The van der Waals surface area contributed by atoms with Crippen LogP contribution in [0.25, 0.3) is 0 Å². The number of hydrogen-bond acceptors (Lipinski definition) is 2. The van der Waals surface area contributed by atoms with Crippen molar-refractivity contribution < 1.29 is 0 Å². The van der Waals surface area contributed by atoms with E-state index >= 15 is 0 Å². The number of nitrogens with zero attached hydrogens (tertiary/aromatic N) is 1. The second-order valence-corrected chi connectivity index (χ2v) is 5.40. The Kier molecular flexibility index (Phi) is 3.34. The maximum Gasteiger partial charge on any atom is 0.0601 e. The molecule has 2 nitrogen and oxygen atoms in total. The molecule has 1 aliphatic heterocycles. The first-order valence-corrected chi connectivity index (χ1v) is 6.98. The minimum atomic E-state index is 0.694. The molecule has 2 aromatic rings. The van der Waals surface area contributed by atoms with Crippen molar-refractivity contribution >= 4 is 23.0 Å². The number of fused-ring (bicyclic) bond motifs is 1. The summed E-state index contributed by atoms with van der Waals surface area (Å²) in [4.78, 5) is 2.35. The Hall–Kier alpha value is -1.67. The van der Waals surface area contributed by atoms with Crippen LogP contribution in [-0.4, -0.2) is 13.1 Å². The van der Waals surface area contributed by atoms with E-state index in [9.17, 15) is 0 Å². The molecule has 0 radical (unpaired) electrons. The average molecular weight is 273 g/mol. The van der Waals surface area contributed by atoms with E-state index in [1.807, 2.05) is 18.2 Å². The zero-order valence-corrected chi connectivity index (χ0v) is 11.5. The maximum atomic E-state index is 6.08. The third kappa shape index (κ3) is 2.54. The molecule has 0 saturated carbocycles. The summed E-state index contributed by atoms with van der Waals surface area (Å²) in [5, 5.41) is 0.694. The molecule has 19 heavy (non-hydrogen) atoms. The second-order valence-electron chi connectivity index (χ2n) is 4.96. The standard InChI is InChI=1S/C16H17ClN2/c17-14-5-6-16(15(18)11-14)19-9-7-12-3-1-2-4-13(12)8-10-19/h1-6,11H,7-10,18H2. The van der Waals surface area contributed by atoms with Gasteiger partial charge in [-0.05, 0) is 42.2 Å². The Balaban J connectivity index is 1.85. The Morgan fingerprint density at radius 3 is 2.16 bits per heavy atom. The minimum absolute atomic E-state index is 0.694. The fourth-order valence-electron chi connectivity index (χ4n) is 2.72. The van der Waals surface area contributed by atoms with Crippen molar-refractivity contribution in [3.05, 3.63) is 58.6 Å². The summed E-state index contributed by atoms with van der Waals surface area (Å²) in [6.45, 7) is 2.01. The number of rotatable bonds is 1. The van der Waals surface area contributed by atoms with Gasteiger partial charge >= 0.3 is 0 Å². The van der Waals surface area contributed by atoms with Crippen molar-refractivity contribution in [1.29, 1.82) is 0 Å². The molecule has 0 fully saturated rings. The molecular weight excluding hydrogens is 256 g/mol. The summed E-state index contributed by atoms with van der Waals surface area (Å²) in [6, 6.07) is 14.4. The number of benzene rings is 2. The number of halogens is 1. The van der Waals surface area contributed by atoms with Gasteiger partial charge in [0.2, 0.25) is 0 Å². The van der Waals surface area contributed by atoms with Crippen molar-refractivity contribution in [2.24, 2.45) is 0 Å². The monoisotopic (exact) mass is 272 g/mol. The van der Waals surface area contributed by atoms with Gasteiger partial charge in [0.1, 0.15) is 0 Å². The predicted octanol–water partition coefficient (Wildman–Crippen LogP) is 3.53. The van der Waals surface area contributed by atoms with E-state index in [-0.39, 0.29) is 0 Å². The lowest BCUT2D eigenvalue weighted by atomic mass is 10.0. The fourth-order valence-corrected chi connectivity index (χ4v) is 2.90. The summed E-state index contributed by atoms with van der Waals surface area (Å²) >= 11 is 5.96. The molecule has 0 spiro atoms. The highest BCUT2D eigenvalue weighted by atomic mass is 35.5. The van der Waals surface area contributed by atoms with Gasteiger partial charge in [0.15, 0.2) is 0 Å². The third-order valence-corrected chi connectivity index (χ3v) is 3.99. The van der Waals surface area contributed by atoms with Gasteiger partial charge in [-0.3, -0.25) is 0 Å². The van der Waals surface area contributed by atoms with Gasteiger partial charge in [-0.15, -0.1) is 0 Å². The maximum absolute atomic E-state index is 6.08. The molecule has 1 heterocycles. The van der Waals surface area contributed by atoms with Crippen molar-refractivity contribution in [3.8, 4) is 0 Å². The Bertz CT molecular complexity index is 568. The molecule has 2 aromatic carbocycles. The average Bonchev–Trinajstić information content (AvgIpc) is 2.62. The van der Waals surface area contributed by atoms with E-state index in [2.05, 4.69) is 29.2 Å². The van der Waals surface area contributed by atoms with Crippen LogP contribution in [0.5, 0.6) is 0 Å². The van der Waals surface area contributed by atoms with E-state index in [4.69, 9.17) is 17.3 Å². The number of nitrogens with two attached hydrogens (primary N) is 1. The van der Waals surface area contributed by atoms with Gasteiger partial charge in [0.25, 0.3) is 0 Å². The second kappa shape index (κ2) is 5.14. The normalized spacial score (nSPS) is 14.9. The van der Waals surface area contributed by atoms with Crippen LogP contribution in [0, 0.1) is 0 Å². The van der Waals surface area contributed by atoms with E-state index in [0.29, 0.717) is 5.02 Å². The molecule has 3 rings (SSSR count). The number of anilines is 2. The smallest absolute Gasteiger partial charge is 0.0601 e. The Labute approximate surface area is 118 Å². The first-order chi connectivity index (χ1) is 9.24. The molecule has 0 atom stereocenters. The topological polar surface area (TPSA) is 29.3 Å². The van der Waals surface area contributed by atoms with Crippen LogP contribution in [0.2, 0.25) is 5.02 Å². The fraction of sp³-hybridized carbons (Fsp3) is 0.250. The highest BCUT2D eigenvalue weighted by molar-refractivity contribution is 6.31. The minimum Gasteiger partial charge on any atom is -0.397 e. The predicted molar refractivity (Wildman–Crippen MR) is 81.9 cm³/mol. The summed E-state index contributed by atoms with van der Waals surface area (Å²) in [6.07, 6.45) is 2.14. The molecule has 2 N–H and O–H groups in total. The SMILES string of the molecule is Nc1cc(Cl)ccc1N1CCc2ccccc2CC1. The first-order valence-electron chi connectivity index (χ1n) is 6.61. The molecule has 0 unspecified atom stereocenters.